The van der Waals surface area contributed by atoms with E-state index in [1.165, 1.54) is 11.9 Å². The molecule has 0 bridgehead atoms. The van der Waals surface area contributed by atoms with E-state index in [1.54, 1.807) is 0 Å². The summed E-state index contributed by atoms with van der Waals surface area (Å²) in [5.41, 5.74) is 0. The van der Waals surface area contributed by atoms with Crippen LogP contribution >= 0.6 is 11.9 Å². The van der Waals surface area contributed by atoms with Crippen LogP contribution < -0.4 is 5.14 Å². The van der Waals surface area contributed by atoms with E-state index in [0.29, 0.717) is 0 Å². The summed E-state index contributed by atoms with van der Waals surface area (Å²) in [6.07, 6.45) is 0. The van der Waals surface area contributed by atoms with Crippen LogP contribution in [0.4, 0.5) is 0 Å². The molecular weight excluding hydrogens is 149 g/mol. The van der Waals surface area contributed by atoms with Crippen LogP contribution in [-0.4, -0.2) is 21.8 Å². The second-order valence-corrected chi connectivity index (χ2v) is 2.27. The van der Waals surface area contributed by atoms with E-state index in [1.807, 2.05) is 0 Å². The van der Waals surface area contributed by atoms with Gasteiger partial charge in [0.25, 0.3) is 0 Å². The molecule has 1 nitrogen and oxygen atoms in total. The molecule has 0 amide bonds. The summed E-state index contributed by atoms with van der Waals surface area (Å²) < 4.78 is 0. The molecule has 0 aromatic carbocycles. The fraction of sp³-hybridized carbons (Fsp3) is 1.00. The Balaban J connectivity index is 2.19. The van der Waals surface area contributed by atoms with Gasteiger partial charge in [-0.05, 0) is 0 Å². The third-order valence-electron chi connectivity index (χ3n) is 0.209. The molecule has 0 aliphatic rings. The van der Waals surface area contributed by atoms with Crippen LogP contribution in [0.25, 0.3) is 0 Å². The van der Waals surface area contributed by atoms with Crippen molar-refractivity contribution in [2.24, 2.45) is 5.14 Å². The molecule has 32 valence electrons. The molecule has 5 heavy (non-hydrogen) atoms. The minimum absolute atomic E-state index is 1.06. The van der Waals surface area contributed by atoms with Crippen molar-refractivity contribution in [1.82, 2.24) is 0 Å². The van der Waals surface area contributed by atoms with Crippen molar-refractivity contribution in [3.8, 4) is 0 Å². The van der Waals surface area contributed by atoms with E-state index in [-0.39, 0.29) is 0 Å². The van der Waals surface area contributed by atoms with Crippen molar-refractivity contribution in [1.29, 1.82) is 0 Å². The molecule has 0 saturated carbocycles. The van der Waals surface area contributed by atoms with E-state index >= 15 is 0 Å². The fourth-order valence-electron chi connectivity index (χ4n) is 0.0527. The van der Waals surface area contributed by atoms with Crippen LogP contribution in [-0.2, 0) is 0 Å². The first-order chi connectivity index (χ1) is 2.41. The summed E-state index contributed by atoms with van der Waals surface area (Å²) >= 11 is 3.86. The van der Waals surface area contributed by atoms with Crippen molar-refractivity contribution in [2.45, 2.75) is 5.32 Å². The molecule has 0 atom stereocenters. The maximum atomic E-state index is 5.05. The standard InChI is InChI=1S/C2H7NSSe/c3-4-1-2-5/h5H,1-3H2. The van der Waals surface area contributed by atoms with Gasteiger partial charge in [0.1, 0.15) is 0 Å². The minimum atomic E-state index is 1.06. The topological polar surface area (TPSA) is 26.0 Å². The van der Waals surface area contributed by atoms with Crippen molar-refractivity contribution in [3.63, 3.8) is 0 Å². The van der Waals surface area contributed by atoms with Crippen LogP contribution in [0, 0.1) is 0 Å². The molecule has 3 heteroatoms. The van der Waals surface area contributed by atoms with Crippen LogP contribution in [0.3, 0.4) is 0 Å². The third-order valence-corrected chi connectivity index (χ3v) is 1.78. The molecular formula is C2H7NSSe. The van der Waals surface area contributed by atoms with Gasteiger partial charge in [0, 0.05) is 0 Å². The summed E-state index contributed by atoms with van der Waals surface area (Å²) in [4.78, 5) is 0. The number of rotatable bonds is 2. The van der Waals surface area contributed by atoms with E-state index in [9.17, 15) is 0 Å². The summed E-state index contributed by atoms with van der Waals surface area (Å²) in [7, 11) is 0. The van der Waals surface area contributed by atoms with Gasteiger partial charge in [0.05, 0.1) is 0 Å². The Morgan fingerprint density at radius 2 is 2.40 bits per heavy atom. The van der Waals surface area contributed by atoms with E-state index in [2.05, 4.69) is 16.0 Å². The van der Waals surface area contributed by atoms with E-state index in [4.69, 9.17) is 5.14 Å². The Morgan fingerprint density at radius 1 is 1.80 bits per heavy atom. The SMILES string of the molecule is NSCC[SeH]. The Hall–Kier alpha value is 0.829. The molecule has 0 aliphatic heterocycles. The van der Waals surface area contributed by atoms with E-state index in [0.717, 1.165) is 11.1 Å². The Labute approximate surface area is 44.6 Å². The summed E-state index contributed by atoms with van der Waals surface area (Å²) in [5.74, 6) is 1.06. The summed E-state index contributed by atoms with van der Waals surface area (Å²) in [6, 6.07) is 0. The average Bonchev–Trinajstić information content (AvgIpc) is 1.41. The number of hydrogen-bond acceptors (Lipinski definition) is 2. The van der Waals surface area contributed by atoms with Gasteiger partial charge in [0.15, 0.2) is 0 Å². The van der Waals surface area contributed by atoms with Gasteiger partial charge in [-0.3, -0.25) is 0 Å². The van der Waals surface area contributed by atoms with Crippen LogP contribution in [0.1, 0.15) is 0 Å². The van der Waals surface area contributed by atoms with Crippen molar-refractivity contribution >= 4 is 28.0 Å². The van der Waals surface area contributed by atoms with Gasteiger partial charge in [-0.2, -0.15) is 0 Å². The first-order valence-electron chi connectivity index (χ1n) is 1.34. The zero-order valence-electron chi connectivity index (χ0n) is 2.85. The third kappa shape index (κ3) is 4.83. The van der Waals surface area contributed by atoms with Crippen molar-refractivity contribution < 1.29 is 0 Å². The average molecular weight is 156 g/mol. The summed E-state index contributed by atoms with van der Waals surface area (Å²) in [5, 5.41) is 6.16. The Kier molecular flexibility index (Phi) is 5.63. The maximum absolute atomic E-state index is 5.05. The predicted molar refractivity (Wildman–Crippen MR) is 28.6 cm³/mol. The molecule has 2 N–H and O–H groups in total. The Morgan fingerprint density at radius 3 is 2.40 bits per heavy atom. The first-order valence-corrected chi connectivity index (χ1v) is 3.72. The van der Waals surface area contributed by atoms with Gasteiger partial charge >= 0.3 is 44.2 Å². The van der Waals surface area contributed by atoms with Gasteiger partial charge in [0.2, 0.25) is 0 Å². The zero-order valence-corrected chi connectivity index (χ0v) is 5.54. The molecule has 0 rings (SSSR count). The monoisotopic (exact) mass is 157 g/mol. The molecule has 0 saturated heterocycles. The quantitative estimate of drug-likeness (QED) is 0.446. The van der Waals surface area contributed by atoms with Crippen molar-refractivity contribution in [3.05, 3.63) is 0 Å². The van der Waals surface area contributed by atoms with Crippen LogP contribution in [0.15, 0.2) is 0 Å². The van der Waals surface area contributed by atoms with Gasteiger partial charge in [-0.25, -0.2) is 0 Å². The Bertz CT molecular complexity index is 17.1. The molecule has 0 aromatic rings. The van der Waals surface area contributed by atoms with Gasteiger partial charge in [-0.1, -0.05) is 0 Å². The molecule has 0 unspecified atom stereocenters. The molecule has 0 radical (unpaired) electrons. The second kappa shape index (κ2) is 4.83. The fourth-order valence-corrected chi connectivity index (χ4v) is 0.822. The number of nitrogens with two attached hydrogens (primary N) is 1. The molecule has 0 aliphatic carbocycles. The first kappa shape index (κ1) is 5.83. The molecule has 0 aromatic heterocycles. The second-order valence-electron chi connectivity index (χ2n) is 0.594. The van der Waals surface area contributed by atoms with Gasteiger partial charge < -0.3 is 0 Å². The van der Waals surface area contributed by atoms with Crippen LogP contribution in [0.2, 0.25) is 5.32 Å². The molecule has 0 heterocycles. The zero-order chi connectivity index (χ0) is 4.12. The van der Waals surface area contributed by atoms with Crippen LogP contribution in [0.5, 0.6) is 0 Å². The van der Waals surface area contributed by atoms with Crippen molar-refractivity contribution in [2.75, 3.05) is 5.75 Å². The number of hydrogen-bond donors (Lipinski definition) is 1. The van der Waals surface area contributed by atoms with Gasteiger partial charge in [-0.15, -0.1) is 0 Å². The predicted octanol–water partition coefficient (Wildman–Crippen LogP) is -0.0876. The molecule has 0 spiro atoms. The summed E-state index contributed by atoms with van der Waals surface area (Å²) in [6.45, 7) is 0. The van der Waals surface area contributed by atoms with E-state index < -0.39 is 0 Å². The molecule has 0 fully saturated rings. The normalized spacial score (nSPS) is 8.40.